The first kappa shape index (κ1) is 30.5. The first-order chi connectivity index (χ1) is 20.2. The normalized spacial score (nSPS) is 20.2. The van der Waals surface area contributed by atoms with Crippen LogP contribution in [0.25, 0.3) is 0 Å². The zero-order chi connectivity index (χ0) is 29.7. The van der Waals surface area contributed by atoms with E-state index in [0.717, 1.165) is 53.7 Å². The number of hydrogen-bond acceptors (Lipinski definition) is 7. The van der Waals surface area contributed by atoms with Gasteiger partial charge in [0, 0.05) is 24.6 Å². The van der Waals surface area contributed by atoms with Crippen molar-refractivity contribution in [2.45, 2.75) is 69.2 Å². The van der Waals surface area contributed by atoms with E-state index in [9.17, 15) is 19.0 Å². The number of carbonyl (C=O) groups is 1. The van der Waals surface area contributed by atoms with Gasteiger partial charge in [0.2, 0.25) is 5.91 Å². The molecule has 42 heavy (non-hydrogen) atoms. The van der Waals surface area contributed by atoms with Gasteiger partial charge in [-0.25, -0.2) is 0 Å². The largest absolute Gasteiger partial charge is 0.497 e. The molecule has 1 saturated heterocycles. The third-order valence-electron chi connectivity index (χ3n) is 8.68. The molecule has 6 N–H and O–H groups in total. The van der Waals surface area contributed by atoms with Crippen molar-refractivity contribution in [3.63, 3.8) is 0 Å². The number of nitrogens with zero attached hydrogens (tertiary/aromatic N) is 1. The topological polar surface area (TPSA) is 128 Å². The summed E-state index contributed by atoms with van der Waals surface area (Å²) in [5, 5.41) is 15.7. The van der Waals surface area contributed by atoms with Gasteiger partial charge in [-0.15, -0.1) is 10.8 Å². The third kappa shape index (κ3) is 7.16. The molecule has 8 nitrogen and oxygen atoms in total. The van der Waals surface area contributed by atoms with Gasteiger partial charge in [-0.3, -0.25) is 19.2 Å². The lowest BCUT2D eigenvalue weighted by atomic mass is 9.82. The number of nitrogens with one attached hydrogen (secondary N) is 1. The molecule has 2 aliphatic rings. The van der Waals surface area contributed by atoms with Crippen molar-refractivity contribution in [3.8, 4) is 5.75 Å². The third-order valence-corrected chi connectivity index (χ3v) is 10.7. The molecule has 3 aromatic carbocycles. The maximum absolute atomic E-state index is 12.5. The Morgan fingerprint density at radius 2 is 1.76 bits per heavy atom. The van der Waals surface area contributed by atoms with Crippen LogP contribution in [-0.2, 0) is 13.0 Å². The Hall–Kier alpha value is -2.92. The number of aliphatic hydroxyl groups excluding tert-OH is 1. The van der Waals surface area contributed by atoms with Crippen LogP contribution < -0.4 is 15.8 Å². The minimum Gasteiger partial charge on any atom is -0.497 e. The number of benzene rings is 3. The summed E-state index contributed by atoms with van der Waals surface area (Å²) in [6.07, 6.45) is 3.75. The second-order valence-corrected chi connectivity index (χ2v) is 13.7. The van der Waals surface area contributed by atoms with E-state index >= 15 is 0 Å². The van der Waals surface area contributed by atoms with Crippen molar-refractivity contribution in [1.82, 2.24) is 9.62 Å². The van der Waals surface area contributed by atoms with Crippen LogP contribution in [0.5, 0.6) is 5.75 Å². The van der Waals surface area contributed by atoms with Gasteiger partial charge in [0.15, 0.2) is 0 Å². The van der Waals surface area contributed by atoms with E-state index in [1.165, 1.54) is 0 Å². The summed E-state index contributed by atoms with van der Waals surface area (Å²) in [6, 6.07) is 23.4. The summed E-state index contributed by atoms with van der Waals surface area (Å²) < 4.78 is 29.1. The maximum Gasteiger partial charge on any atom is 0.248 e. The Balaban J connectivity index is 1.54. The van der Waals surface area contributed by atoms with E-state index in [4.69, 9.17) is 10.5 Å². The fraction of sp³-hybridized carbons (Fsp3) is 0.424. The molecule has 1 aliphatic heterocycles. The van der Waals surface area contributed by atoms with Crippen molar-refractivity contribution in [1.29, 1.82) is 0 Å². The van der Waals surface area contributed by atoms with Crippen molar-refractivity contribution in [2.75, 3.05) is 19.4 Å². The van der Waals surface area contributed by atoms with E-state index in [1.54, 1.807) is 17.5 Å². The highest BCUT2D eigenvalue weighted by Gasteiger charge is 2.41. The number of methoxy groups -OCH3 is 1. The first-order valence-electron chi connectivity index (χ1n) is 14.8. The number of ether oxygens (including phenoxy) is 1. The number of carbonyl (C=O) groups excluding carboxylic acids is 1. The lowest BCUT2D eigenvalue weighted by molar-refractivity contribution is 0.0468. The summed E-state index contributed by atoms with van der Waals surface area (Å²) in [5.74, 6) is 0.395. The quantitative estimate of drug-likeness (QED) is 0.184. The Labute approximate surface area is 250 Å². The number of primary amides is 1. The van der Waals surface area contributed by atoms with Crippen LogP contribution >= 0.6 is 10.8 Å². The predicted octanol–water partition coefficient (Wildman–Crippen LogP) is 5.63. The molecule has 0 spiro atoms. The second kappa shape index (κ2) is 13.6. The number of rotatable bonds is 12. The molecule has 1 heterocycles. The van der Waals surface area contributed by atoms with Crippen LogP contribution in [0, 0.1) is 0 Å². The zero-order valence-electron chi connectivity index (χ0n) is 24.2. The molecular weight excluding hydrogens is 550 g/mol. The summed E-state index contributed by atoms with van der Waals surface area (Å²) >= 11 is 0. The molecule has 2 fully saturated rings. The monoisotopic (exact) mass is 593 g/mol. The highest BCUT2D eigenvalue weighted by molar-refractivity contribution is 8.22. The SMILES string of the molecule is COc1cccc(CNC([C@H](O)[C@@H](Cc2ccccc2)c2cc(C(N)=O)cc(C3CCCC3)c2)N2CCCS2(O)O)c1. The van der Waals surface area contributed by atoms with Gasteiger partial charge in [-0.1, -0.05) is 61.4 Å². The molecule has 1 amide bonds. The van der Waals surface area contributed by atoms with Crippen LogP contribution in [0.2, 0.25) is 0 Å². The maximum atomic E-state index is 12.5. The van der Waals surface area contributed by atoms with Gasteiger partial charge in [0.25, 0.3) is 0 Å². The average molecular weight is 594 g/mol. The van der Waals surface area contributed by atoms with Gasteiger partial charge in [0.05, 0.1) is 19.0 Å². The van der Waals surface area contributed by atoms with Crippen LogP contribution in [-0.4, -0.2) is 56.1 Å². The number of aliphatic hydroxyl groups is 1. The Kier molecular flexibility index (Phi) is 9.88. The average Bonchev–Trinajstić information content (AvgIpc) is 3.66. The van der Waals surface area contributed by atoms with Crippen LogP contribution in [0.4, 0.5) is 0 Å². The fourth-order valence-corrected chi connectivity index (χ4v) is 8.18. The van der Waals surface area contributed by atoms with Crippen LogP contribution in [0.1, 0.15) is 76.6 Å². The Morgan fingerprint density at radius 1 is 1.02 bits per heavy atom. The first-order valence-corrected chi connectivity index (χ1v) is 16.5. The highest BCUT2D eigenvalue weighted by atomic mass is 32.3. The number of nitrogens with two attached hydrogens (primary N) is 1. The molecule has 226 valence electrons. The van der Waals surface area contributed by atoms with E-state index in [2.05, 4.69) is 11.4 Å². The van der Waals surface area contributed by atoms with E-state index in [-0.39, 0.29) is 5.75 Å². The van der Waals surface area contributed by atoms with Crippen molar-refractivity contribution < 1.29 is 23.7 Å². The standard InChI is InChI=1S/C33H43N3O5S/c1-41-29-14-7-11-24(17-29)22-35-33(36-15-8-16-42(36,39)40)31(37)30(18-23-9-3-2-4-10-23)27-19-26(25-12-5-6-13-25)20-28(21-27)32(34)38/h2-4,7,9-11,14,17,19-21,25,30-31,33,35,37,39-40H,5-6,8,12-13,15-16,18,22H2,1H3,(H2,34,38)/t30-,31+,33?/m0/s1. The van der Waals surface area contributed by atoms with E-state index < -0.39 is 34.9 Å². The molecule has 0 radical (unpaired) electrons. The fourth-order valence-electron chi connectivity index (χ4n) is 6.45. The van der Waals surface area contributed by atoms with Gasteiger partial charge < -0.3 is 15.6 Å². The molecule has 5 rings (SSSR count). The van der Waals surface area contributed by atoms with Crippen LogP contribution in [0.15, 0.2) is 72.8 Å². The summed E-state index contributed by atoms with van der Waals surface area (Å²) in [7, 11) is -1.45. The van der Waals surface area contributed by atoms with Gasteiger partial charge in [-0.2, -0.15) is 4.31 Å². The Bertz CT molecular complexity index is 1350. The summed E-state index contributed by atoms with van der Waals surface area (Å²) in [5.41, 5.74) is 10.1. The molecule has 3 atom stereocenters. The molecular formula is C33H43N3O5S. The molecule has 1 saturated carbocycles. The predicted molar refractivity (Wildman–Crippen MR) is 168 cm³/mol. The van der Waals surface area contributed by atoms with Crippen molar-refractivity contribution in [2.24, 2.45) is 5.73 Å². The Morgan fingerprint density at radius 3 is 2.43 bits per heavy atom. The minimum atomic E-state index is -3.07. The minimum absolute atomic E-state index is 0.267. The molecule has 1 unspecified atom stereocenters. The number of amides is 1. The molecule has 0 bridgehead atoms. The lowest BCUT2D eigenvalue weighted by Gasteiger charge is -2.45. The second-order valence-electron chi connectivity index (χ2n) is 11.5. The van der Waals surface area contributed by atoms with E-state index in [0.29, 0.717) is 37.4 Å². The van der Waals surface area contributed by atoms with Crippen molar-refractivity contribution >= 4 is 16.7 Å². The summed E-state index contributed by atoms with van der Waals surface area (Å²) in [4.78, 5) is 12.5. The molecule has 3 aromatic rings. The smallest absolute Gasteiger partial charge is 0.248 e. The molecule has 1 aliphatic carbocycles. The number of hydrogen-bond donors (Lipinski definition) is 5. The van der Waals surface area contributed by atoms with Crippen LogP contribution in [0.3, 0.4) is 0 Å². The van der Waals surface area contributed by atoms with E-state index in [1.807, 2.05) is 60.7 Å². The van der Waals surface area contributed by atoms with Gasteiger partial charge in [0.1, 0.15) is 11.9 Å². The lowest BCUT2D eigenvalue weighted by Crippen LogP contribution is -2.54. The molecule has 0 aromatic heterocycles. The zero-order valence-corrected chi connectivity index (χ0v) is 25.0. The summed E-state index contributed by atoms with van der Waals surface area (Å²) in [6.45, 7) is 0.833. The van der Waals surface area contributed by atoms with Gasteiger partial charge >= 0.3 is 0 Å². The van der Waals surface area contributed by atoms with Crippen molar-refractivity contribution in [3.05, 3.63) is 101 Å². The van der Waals surface area contributed by atoms with Gasteiger partial charge in [-0.05, 0) is 78.1 Å². The molecule has 9 heteroatoms. The highest BCUT2D eigenvalue weighted by Crippen LogP contribution is 2.50.